The van der Waals surface area contributed by atoms with Crippen LogP contribution in [0.3, 0.4) is 0 Å². The average molecular weight is 811 g/mol. The molecule has 0 aliphatic heterocycles. The summed E-state index contributed by atoms with van der Waals surface area (Å²) in [4.78, 5) is 14.7. The van der Waals surface area contributed by atoms with E-state index in [4.69, 9.17) is 15.0 Å². The van der Waals surface area contributed by atoms with E-state index in [2.05, 4.69) is 199 Å². The minimum absolute atomic E-state index is 0.894. The van der Waals surface area contributed by atoms with Crippen molar-refractivity contribution in [3.8, 4) is 73.0 Å². The number of nitrogens with zero attached hydrogens (tertiary/aromatic N) is 4. The monoisotopic (exact) mass is 810 g/mol. The molecule has 0 unspecified atom stereocenters. The van der Waals surface area contributed by atoms with E-state index in [-0.39, 0.29) is 0 Å². The van der Waals surface area contributed by atoms with Crippen LogP contribution in [0, 0.1) is 0 Å². The Hall–Kier alpha value is -7.95. The van der Waals surface area contributed by atoms with E-state index >= 15 is 0 Å². The molecule has 0 atom stereocenters. The summed E-state index contributed by atoms with van der Waals surface area (Å²) in [5.41, 5.74) is 19.3. The Morgan fingerprint density at radius 3 is 1.25 bits per heavy atom. The van der Waals surface area contributed by atoms with Crippen molar-refractivity contribution >= 4 is 0 Å². The van der Waals surface area contributed by atoms with Gasteiger partial charge in [-0.05, 0) is 113 Å². The topological polar surface area (TPSA) is 43.6 Å². The Kier molecular flexibility index (Phi) is 11.4. The van der Waals surface area contributed by atoms with Crippen molar-refractivity contribution < 1.29 is 0 Å². The smallest absolute Gasteiger partial charge is 0.0718 e. The van der Waals surface area contributed by atoms with Gasteiger partial charge in [0.25, 0.3) is 0 Å². The van der Waals surface area contributed by atoms with Crippen molar-refractivity contribution in [2.24, 2.45) is 0 Å². The Labute approximate surface area is 369 Å². The fourth-order valence-corrected chi connectivity index (χ4v) is 8.42. The zero-order chi connectivity index (χ0) is 42.2. The molecule has 4 aromatic heterocycles. The third kappa shape index (κ3) is 9.07. The molecule has 0 fully saturated rings. The van der Waals surface area contributed by atoms with E-state index in [9.17, 15) is 0 Å². The summed E-state index contributed by atoms with van der Waals surface area (Å²) in [7, 11) is 0. The molecule has 63 heavy (non-hydrogen) atoms. The van der Waals surface area contributed by atoms with Crippen LogP contribution in [0.4, 0.5) is 0 Å². The van der Waals surface area contributed by atoms with Gasteiger partial charge in [-0.25, -0.2) is 0 Å². The van der Waals surface area contributed by atoms with E-state index in [1.165, 1.54) is 38.9 Å². The maximum Gasteiger partial charge on any atom is 0.0718 e. The van der Waals surface area contributed by atoms with Crippen LogP contribution in [0.5, 0.6) is 0 Å². The highest BCUT2D eigenvalue weighted by Crippen LogP contribution is 2.36. The average Bonchev–Trinajstić information content (AvgIpc) is 3.87. The Bertz CT molecular complexity index is 2940. The minimum Gasteiger partial charge on any atom is -0.314 e. The molecule has 4 heteroatoms. The van der Waals surface area contributed by atoms with E-state index in [0.717, 1.165) is 82.0 Å². The van der Waals surface area contributed by atoms with Crippen molar-refractivity contribution in [1.29, 1.82) is 0 Å². The highest BCUT2D eigenvalue weighted by molar-refractivity contribution is 5.81. The van der Waals surface area contributed by atoms with Crippen LogP contribution in [0.2, 0.25) is 0 Å². The molecule has 0 aliphatic carbocycles. The van der Waals surface area contributed by atoms with Crippen LogP contribution in [-0.4, -0.2) is 19.5 Å². The van der Waals surface area contributed by atoms with Crippen LogP contribution in [0.1, 0.15) is 22.3 Å². The molecule has 0 bridgehead atoms. The maximum absolute atomic E-state index is 5.07. The van der Waals surface area contributed by atoms with E-state index in [1.54, 1.807) is 0 Å². The lowest BCUT2D eigenvalue weighted by Crippen LogP contribution is -2.02. The van der Waals surface area contributed by atoms with Crippen LogP contribution >= 0.6 is 0 Å². The maximum atomic E-state index is 5.07. The fraction of sp³-hybridized carbons (Fsp3) is 0.0678. The highest BCUT2D eigenvalue weighted by Gasteiger charge is 2.16. The largest absolute Gasteiger partial charge is 0.314 e. The predicted molar refractivity (Wildman–Crippen MR) is 259 cm³/mol. The van der Waals surface area contributed by atoms with Gasteiger partial charge in [-0.3, -0.25) is 15.0 Å². The molecular weight excluding hydrogens is 765 g/mol. The van der Waals surface area contributed by atoms with E-state index in [0.29, 0.717) is 0 Å². The zero-order valence-corrected chi connectivity index (χ0v) is 35.1. The van der Waals surface area contributed by atoms with Gasteiger partial charge in [0.15, 0.2) is 0 Å². The molecule has 0 saturated heterocycles. The molecule has 0 amide bonds. The predicted octanol–water partition coefficient (Wildman–Crippen LogP) is 14.2. The van der Waals surface area contributed by atoms with Crippen LogP contribution < -0.4 is 0 Å². The fourth-order valence-electron chi connectivity index (χ4n) is 8.42. The third-order valence-corrected chi connectivity index (χ3v) is 11.8. The van der Waals surface area contributed by atoms with Gasteiger partial charge in [-0.1, -0.05) is 164 Å². The van der Waals surface area contributed by atoms with Gasteiger partial charge in [0.1, 0.15) is 0 Å². The van der Waals surface area contributed by atoms with Gasteiger partial charge in [-0.15, -0.1) is 0 Å². The van der Waals surface area contributed by atoms with Crippen LogP contribution in [0.25, 0.3) is 73.0 Å². The van der Waals surface area contributed by atoms with Crippen molar-refractivity contribution in [1.82, 2.24) is 19.5 Å². The quantitative estimate of drug-likeness (QED) is 0.116. The van der Waals surface area contributed by atoms with E-state index < -0.39 is 0 Å². The highest BCUT2D eigenvalue weighted by atomic mass is 15.0. The molecule has 0 radical (unpaired) electrons. The first-order chi connectivity index (χ1) is 31.2. The third-order valence-electron chi connectivity index (χ3n) is 11.8. The number of rotatable bonds is 13. The number of benzene rings is 6. The number of hydrogen-bond acceptors (Lipinski definition) is 3. The van der Waals surface area contributed by atoms with Gasteiger partial charge in [0.2, 0.25) is 0 Å². The minimum atomic E-state index is 0.894. The second-order valence-electron chi connectivity index (χ2n) is 16.0. The Morgan fingerprint density at radius 1 is 0.302 bits per heavy atom. The van der Waals surface area contributed by atoms with Gasteiger partial charge in [0, 0.05) is 40.8 Å². The van der Waals surface area contributed by atoms with Crippen LogP contribution in [-0.2, 0) is 25.7 Å². The second-order valence-corrected chi connectivity index (χ2v) is 16.0. The van der Waals surface area contributed by atoms with Crippen molar-refractivity contribution in [3.63, 3.8) is 0 Å². The lowest BCUT2D eigenvalue weighted by molar-refractivity contribution is 0.922. The summed E-state index contributed by atoms with van der Waals surface area (Å²) in [5, 5.41) is 0. The molecule has 4 heterocycles. The summed E-state index contributed by atoms with van der Waals surface area (Å²) < 4.78 is 2.31. The first-order valence-electron chi connectivity index (χ1n) is 21.7. The first-order valence-corrected chi connectivity index (χ1v) is 21.7. The normalized spacial score (nSPS) is 11.1. The Morgan fingerprint density at radius 2 is 0.746 bits per heavy atom. The summed E-state index contributed by atoms with van der Waals surface area (Å²) in [5.74, 6) is 0. The van der Waals surface area contributed by atoms with Gasteiger partial charge < -0.3 is 4.57 Å². The molecule has 6 aromatic carbocycles. The molecule has 302 valence electrons. The summed E-state index contributed by atoms with van der Waals surface area (Å²) in [6.45, 7) is 0. The molecule has 10 rings (SSSR count). The number of aromatic nitrogens is 4. The molecule has 4 nitrogen and oxygen atoms in total. The van der Waals surface area contributed by atoms with Gasteiger partial charge in [0.05, 0.1) is 34.7 Å². The second kappa shape index (κ2) is 18.3. The molecule has 0 saturated carbocycles. The van der Waals surface area contributed by atoms with Gasteiger partial charge in [-0.2, -0.15) is 0 Å². The molecule has 0 aliphatic rings. The summed E-state index contributed by atoms with van der Waals surface area (Å²) in [6, 6.07) is 73.1. The van der Waals surface area contributed by atoms with Crippen molar-refractivity contribution in [2.45, 2.75) is 25.7 Å². The number of aryl methyl sites for hydroxylation is 4. The van der Waals surface area contributed by atoms with Crippen molar-refractivity contribution in [3.05, 3.63) is 253 Å². The summed E-state index contributed by atoms with van der Waals surface area (Å²) >= 11 is 0. The Balaban J connectivity index is 0.995. The molecular formula is C59H46N4. The molecule has 0 spiro atoms. The van der Waals surface area contributed by atoms with Crippen molar-refractivity contribution in [2.75, 3.05) is 0 Å². The summed E-state index contributed by atoms with van der Waals surface area (Å²) in [6.07, 6.45) is 11.9. The molecule has 10 aromatic rings. The van der Waals surface area contributed by atoms with E-state index in [1.807, 2.05) is 36.8 Å². The van der Waals surface area contributed by atoms with Crippen LogP contribution in [0.15, 0.2) is 231 Å². The number of pyridine rings is 3. The lowest BCUT2D eigenvalue weighted by Gasteiger charge is -2.17. The van der Waals surface area contributed by atoms with Gasteiger partial charge >= 0.3 is 0 Å². The standard InChI is InChI=1S/C59H46N4/c1-5-14-47(15-6-1)48-29-31-49(32-30-48)54-39-57(52-20-11-4-12-21-52)62-42-59(54)63-35-13-22-58(63)53-37-45(25-23-43-27-33-55(60-40-43)50-16-7-2-8-17-50)36-46(38-53)26-24-44-28-34-56(61-41-44)51-18-9-3-10-19-51/h1-22,27-42H,23-26H2. The molecule has 0 N–H and O–H groups in total. The SMILES string of the molecule is c1ccc(-c2ccc(-c3cc(-c4ccccc4)ncc3-n3cccc3-c3cc(CCc4ccc(-c5ccccc5)nc4)cc(CCc4ccc(-c5ccccc5)nc4)c3)cc2)cc1. The number of hydrogen-bond donors (Lipinski definition) is 0. The lowest BCUT2D eigenvalue weighted by atomic mass is 9.95. The zero-order valence-electron chi connectivity index (χ0n) is 35.1. The first kappa shape index (κ1) is 39.2.